The number of rotatable bonds is 4. The summed E-state index contributed by atoms with van der Waals surface area (Å²) in [4.78, 5) is 22.5. The fourth-order valence-corrected chi connectivity index (χ4v) is 1.80. The van der Waals surface area contributed by atoms with Crippen LogP contribution in [0.1, 0.15) is 33.1 Å². The lowest BCUT2D eigenvalue weighted by atomic mass is 9.86. The van der Waals surface area contributed by atoms with E-state index in [0.29, 0.717) is 26.1 Å². The molecule has 0 aromatic rings. The lowest BCUT2D eigenvalue weighted by Gasteiger charge is -2.37. The number of hydrogen-bond donors (Lipinski definition) is 2. The van der Waals surface area contributed by atoms with Gasteiger partial charge in [0.1, 0.15) is 0 Å². The Morgan fingerprint density at radius 3 is 2.38 bits per heavy atom. The van der Waals surface area contributed by atoms with Crippen LogP contribution in [0.3, 0.4) is 0 Å². The van der Waals surface area contributed by atoms with Gasteiger partial charge in [-0.05, 0) is 12.8 Å². The smallest absolute Gasteiger partial charge is 0.305 e. The quantitative estimate of drug-likeness (QED) is 0.747. The van der Waals surface area contributed by atoms with E-state index in [1.54, 1.807) is 13.8 Å². The van der Waals surface area contributed by atoms with Crippen molar-refractivity contribution in [3.8, 4) is 0 Å². The van der Waals surface area contributed by atoms with Crippen molar-refractivity contribution in [3.05, 3.63) is 0 Å². The lowest BCUT2D eigenvalue weighted by Crippen LogP contribution is -2.54. The number of carbonyl (C=O) groups is 2. The average molecular weight is 229 g/mol. The van der Waals surface area contributed by atoms with Crippen molar-refractivity contribution < 1.29 is 19.4 Å². The molecule has 0 spiro atoms. The summed E-state index contributed by atoms with van der Waals surface area (Å²) in [5, 5.41) is 11.8. The van der Waals surface area contributed by atoms with Crippen LogP contribution in [0.15, 0.2) is 0 Å². The molecule has 0 aliphatic carbocycles. The first-order chi connectivity index (χ1) is 7.45. The molecule has 1 saturated heterocycles. The Bertz CT molecular complexity index is 269. The van der Waals surface area contributed by atoms with E-state index in [1.165, 1.54) is 0 Å². The number of ether oxygens (including phenoxy) is 1. The minimum absolute atomic E-state index is 0.0329. The molecule has 0 aromatic carbocycles. The Labute approximate surface area is 95.2 Å². The fraction of sp³-hybridized carbons (Fsp3) is 0.818. The molecule has 16 heavy (non-hydrogen) atoms. The van der Waals surface area contributed by atoms with Gasteiger partial charge in [-0.1, -0.05) is 13.8 Å². The van der Waals surface area contributed by atoms with E-state index < -0.39 is 11.5 Å². The Morgan fingerprint density at radius 1 is 1.38 bits per heavy atom. The maximum absolute atomic E-state index is 11.7. The third-order valence-corrected chi connectivity index (χ3v) is 2.85. The number of aliphatic carboxylic acids is 1. The zero-order chi connectivity index (χ0) is 12.2. The molecule has 0 atom stereocenters. The second kappa shape index (κ2) is 5.30. The standard InChI is InChI=1S/C11H19NO4/c1-8(2)10(15)12-11(7-9(13)14)3-5-16-6-4-11/h8H,3-7H2,1-2H3,(H,12,15)(H,13,14). The molecule has 0 aromatic heterocycles. The Hall–Kier alpha value is -1.10. The summed E-state index contributed by atoms with van der Waals surface area (Å²) < 4.78 is 5.20. The van der Waals surface area contributed by atoms with Crippen LogP contribution >= 0.6 is 0 Å². The number of amides is 1. The zero-order valence-corrected chi connectivity index (χ0v) is 9.78. The Kier molecular flexibility index (Phi) is 4.29. The van der Waals surface area contributed by atoms with E-state index in [9.17, 15) is 9.59 Å². The van der Waals surface area contributed by atoms with Gasteiger partial charge in [0.2, 0.25) is 5.91 Å². The Morgan fingerprint density at radius 2 is 1.94 bits per heavy atom. The fourth-order valence-electron chi connectivity index (χ4n) is 1.80. The van der Waals surface area contributed by atoms with E-state index in [0.717, 1.165) is 0 Å². The molecule has 1 heterocycles. The topological polar surface area (TPSA) is 75.6 Å². The van der Waals surface area contributed by atoms with Crippen LogP contribution < -0.4 is 5.32 Å². The predicted octanol–water partition coefficient (Wildman–Crippen LogP) is 0.782. The molecule has 2 N–H and O–H groups in total. The SMILES string of the molecule is CC(C)C(=O)NC1(CC(=O)O)CCOCC1. The molecule has 5 nitrogen and oxygen atoms in total. The molecule has 1 rings (SSSR count). The van der Waals surface area contributed by atoms with E-state index in [2.05, 4.69) is 5.32 Å². The summed E-state index contributed by atoms with van der Waals surface area (Å²) in [7, 11) is 0. The highest BCUT2D eigenvalue weighted by molar-refractivity contribution is 5.80. The van der Waals surface area contributed by atoms with Crippen molar-refractivity contribution in [1.82, 2.24) is 5.32 Å². The summed E-state index contributed by atoms with van der Waals surface area (Å²) in [5.41, 5.74) is -0.620. The third-order valence-electron chi connectivity index (χ3n) is 2.85. The molecule has 1 fully saturated rings. The van der Waals surface area contributed by atoms with Crippen LogP contribution in [0.25, 0.3) is 0 Å². The van der Waals surface area contributed by atoms with Crippen LogP contribution in [0.4, 0.5) is 0 Å². The minimum atomic E-state index is -0.883. The van der Waals surface area contributed by atoms with Crippen LogP contribution in [0, 0.1) is 5.92 Å². The highest BCUT2D eigenvalue weighted by Crippen LogP contribution is 2.25. The zero-order valence-electron chi connectivity index (χ0n) is 9.78. The number of carbonyl (C=O) groups excluding carboxylic acids is 1. The largest absolute Gasteiger partial charge is 0.481 e. The normalized spacial score (nSPS) is 19.4. The monoisotopic (exact) mass is 229 g/mol. The first-order valence-corrected chi connectivity index (χ1v) is 5.57. The third kappa shape index (κ3) is 3.48. The molecule has 92 valence electrons. The van der Waals surface area contributed by atoms with Gasteiger partial charge >= 0.3 is 5.97 Å². The molecular weight excluding hydrogens is 210 g/mol. The van der Waals surface area contributed by atoms with Gasteiger partial charge in [0.15, 0.2) is 0 Å². The number of hydrogen-bond acceptors (Lipinski definition) is 3. The predicted molar refractivity (Wildman–Crippen MR) is 58.0 cm³/mol. The second-order valence-electron chi connectivity index (χ2n) is 4.61. The van der Waals surface area contributed by atoms with Crippen LogP contribution in [-0.2, 0) is 14.3 Å². The van der Waals surface area contributed by atoms with Gasteiger partial charge in [0, 0.05) is 19.1 Å². The summed E-state index contributed by atoms with van der Waals surface area (Å²) in [5.74, 6) is -1.11. The molecule has 0 saturated carbocycles. The van der Waals surface area contributed by atoms with E-state index >= 15 is 0 Å². The van der Waals surface area contributed by atoms with Gasteiger partial charge < -0.3 is 15.2 Å². The molecule has 0 unspecified atom stereocenters. The summed E-state index contributed by atoms with van der Waals surface area (Å²) >= 11 is 0. The van der Waals surface area contributed by atoms with Gasteiger partial charge in [-0.25, -0.2) is 0 Å². The molecule has 1 aliphatic rings. The Balaban J connectivity index is 2.69. The van der Waals surface area contributed by atoms with Gasteiger partial charge in [0.05, 0.1) is 12.0 Å². The second-order valence-corrected chi connectivity index (χ2v) is 4.61. The van der Waals surface area contributed by atoms with Crippen molar-refractivity contribution in [3.63, 3.8) is 0 Å². The summed E-state index contributed by atoms with van der Waals surface area (Å²) in [6.07, 6.45) is 1.10. The van der Waals surface area contributed by atoms with E-state index in [1.807, 2.05) is 0 Å². The molecule has 5 heteroatoms. The van der Waals surface area contributed by atoms with Gasteiger partial charge in [0.25, 0.3) is 0 Å². The van der Waals surface area contributed by atoms with Crippen LogP contribution in [-0.4, -0.2) is 35.7 Å². The van der Waals surface area contributed by atoms with Crippen LogP contribution in [0.5, 0.6) is 0 Å². The molecule has 0 bridgehead atoms. The maximum atomic E-state index is 11.7. The van der Waals surface area contributed by atoms with Crippen molar-refractivity contribution in [2.24, 2.45) is 5.92 Å². The summed E-state index contributed by atoms with van der Waals surface area (Å²) in [6, 6.07) is 0. The summed E-state index contributed by atoms with van der Waals surface area (Å²) in [6.45, 7) is 4.60. The molecule has 1 amide bonds. The van der Waals surface area contributed by atoms with Gasteiger partial charge in [-0.2, -0.15) is 0 Å². The first kappa shape index (κ1) is 13.0. The molecule has 1 aliphatic heterocycles. The molecular formula is C11H19NO4. The van der Waals surface area contributed by atoms with Gasteiger partial charge in [-0.3, -0.25) is 9.59 Å². The van der Waals surface area contributed by atoms with Gasteiger partial charge in [-0.15, -0.1) is 0 Å². The van der Waals surface area contributed by atoms with E-state index in [-0.39, 0.29) is 18.2 Å². The first-order valence-electron chi connectivity index (χ1n) is 5.57. The number of nitrogens with one attached hydrogen (secondary N) is 1. The number of carboxylic acid groups (broad SMARTS) is 1. The maximum Gasteiger partial charge on any atom is 0.305 e. The van der Waals surface area contributed by atoms with Crippen LogP contribution in [0.2, 0.25) is 0 Å². The van der Waals surface area contributed by atoms with Crippen molar-refractivity contribution in [1.29, 1.82) is 0 Å². The highest BCUT2D eigenvalue weighted by atomic mass is 16.5. The molecule has 0 radical (unpaired) electrons. The number of carboxylic acids is 1. The van der Waals surface area contributed by atoms with E-state index in [4.69, 9.17) is 9.84 Å². The van der Waals surface area contributed by atoms with Crippen molar-refractivity contribution in [2.75, 3.05) is 13.2 Å². The minimum Gasteiger partial charge on any atom is -0.481 e. The highest BCUT2D eigenvalue weighted by Gasteiger charge is 2.36. The lowest BCUT2D eigenvalue weighted by molar-refractivity contribution is -0.140. The average Bonchev–Trinajstić information content (AvgIpc) is 2.17. The van der Waals surface area contributed by atoms with Crippen molar-refractivity contribution >= 4 is 11.9 Å². The van der Waals surface area contributed by atoms with Crippen molar-refractivity contribution in [2.45, 2.75) is 38.6 Å².